The van der Waals surface area contributed by atoms with E-state index in [2.05, 4.69) is 36.1 Å². The molecule has 0 radical (unpaired) electrons. The van der Waals surface area contributed by atoms with Crippen LogP contribution in [0.3, 0.4) is 0 Å². The Kier molecular flexibility index (Phi) is 3.25. The van der Waals surface area contributed by atoms with Crippen molar-refractivity contribution in [1.82, 2.24) is 14.3 Å². The zero-order valence-corrected chi connectivity index (χ0v) is 13.2. The van der Waals surface area contributed by atoms with Gasteiger partial charge in [0, 0.05) is 20.3 Å². The number of aryl methyl sites for hydroxylation is 4. The molecule has 0 saturated carbocycles. The summed E-state index contributed by atoms with van der Waals surface area (Å²) in [5.41, 5.74) is 4.01. The van der Waals surface area contributed by atoms with Gasteiger partial charge in [-0.25, -0.2) is 0 Å². The molecule has 3 aromatic rings. The number of aromatic nitrogens is 3. The van der Waals surface area contributed by atoms with Crippen molar-refractivity contribution in [3.05, 3.63) is 46.0 Å². The maximum Gasteiger partial charge on any atom is 0.297 e. The Labute approximate surface area is 126 Å². The Morgan fingerprint density at radius 3 is 2.52 bits per heavy atom. The highest BCUT2D eigenvalue weighted by atomic mass is 32.1. The molecule has 1 aromatic carbocycles. The fourth-order valence-corrected chi connectivity index (χ4v) is 3.56. The molecule has 0 N–H and O–H groups in total. The third kappa shape index (κ3) is 2.21. The number of carbonyl (C=O) groups excluding carboxylic acids is 1. The molecule has 0 unspecified atom stereocenters. The van der Waals surface area contributed by atoms with Gasteiger partial charge in [0.1, 0.15) is 5.69 Å². The van der Waals surface area contributed by atoms with Crippen LogP contribution in [0, 0.1) is 13.8 Å². The lowest BCUT2D eigenvalue weighted by Gasteiger charge is -2.01. The van der Waals surface area contributed by atoms with E-state index in [4.69, 9.17) is 0 Å². The van der Waals surface area contributed by atoms with Crippen molar-refractivity contribution in [1.29, 1.82) is 0 Å². The molecule has 0 bridgehead atoms. The maximum atomic E-state index is 12.3. The highest BCUT2D eigenvalue weighted by molar-refractivity contribution is 7.16. The number of rotatable bonds is 1. The van der Waals surface area contributed by atoms with E-state index in [1.807, 2.05) is 11.6 Å². The Hall–Kier alpha value is -2.21. The largest absolute Gasteiger partial charge is 0.319 e. The zero-order chi connectivity index (χ0) is 15.1. The van der Waals surface area contributed by atoms with Crippen molar-refractivity contribution >= 4 is 27.5 Å². The highest BCUT2D eigenvalue weighted by Gasteiger charge is 2.12. The molecule has 6 heteroatoms. The van der Waals surface area contributed by atoms with Crippen LogP contribution in [0.15, 0.2) is 29.4 Å². The van der Waals surface area contributed by atoms with E-state index in [0.717, 1.165) is 5.52 Å². The smallest absolute Gasteiger partial charge is 0.297 e. The van der Waals surface area contributed by atoms with Gasteiger partial charge >= 0.3 is 0 Å². The summed E-state index contributed by atoms with van der Waals surface area (Å²) >= 11 is 1.54. The van der Waals surface area contributed by atoms with Crippen molar-refractivity contribution in [2.24, 2.45) is 19.1 Å². The summed E-state index contributed by atoms with van der Waals surface area (Å²) in [6, 6.07) is 5.87. The molecule has 108 valence electrons. The number of amides is 1. The second-order valence-corrected chi connectivity index (χ2v) is 6.06. The number of hydrogen-bond acceptors (Lipinski definition) is 3. The average molecular weight is 300 g/mol. The van der Waals surface area contributed by atoms with Crippen LogP contribution in [0.2, 0.25) is 0 Å². The molecule has 0 atom stereocenters. The first-order chi connectivity index (χ1) is 9.99. The first-order valence-electron chi connectivity index (χ1n) is 6.62. The van der Waals surface area contributed by atoms with Crippen molar-refractivity contribution in [2.75, 3.05) is 0 Å². The molecule has 0 spiro atoms. The SMILES string of the molecule is Cc1ccc(C)c2c1sc(=NC(=O)c1ccnn1C)n2C. The number of fused-ring (bicyclic) bond motifs is 1. The minimum absolute atomic E-state index is 0.271. The van der Waals surface area contributed by atoms with E-state index in [1.165, 1.54) is 20.5 Å². The summed E-state index contributed by atoms with van der Waals surface area (Å²) in [6.07, 6.45) is 1.60. The first-order valence-corrected chi connectivity index (χ1v) is 7.43. The molecular weight excluding hydrogens is 284 g/mol. The predicted molar refractivity (Wildman–Crippen MR) is 83.4 cm³/mol. The molecule has 0 aliphatic heterocycles. The summed E-state index contributed by atoms with van der Waals surface area (Å²) in [4.78, 5) is 17.2. The Balaban J connectivity index is 2.22. The van der Waals surface area contributed by atoms with Crippen molar-refractivity contribution in [3.63, 3.8) is 0 Å². The highest BCUT2D eigenvalue weighted by Crippen LogP contribution is 2.24. The van der Waals surface area contributed by atoms with Crippen LogP contribution in [-0.4, -0.2) is 20.3 Å². The van der Waals surface area contributed by atoms with E-state index in [-0.39, 0.29) is 5.91 Å². The average Bonchev–Trinajstić information content (AvgIpc) is 3.00. The van der Waals surface area contributed by atoms with E-state index in [0.29, 0.717) is 10.5 Å². The van der Waals surface area contributed by atoms with Gasteiger partial charge in [0.2, 0.25) is 0 Å². The normalized spacial score (nSPS) is 12.3. The van der Waals surface area contributed by atoms with Crippen LogP contribution in [-0.2, 0) is 14.1 Å². The molecular formula is C15H16N4OS. The third-order valence-corrected chi connectivity index (χ3v) is 4.85. The van der Waals surface area contributed by atoms with Crippen LogP contribution >= 0.6 is 11.3 Å². The zero-order valence-electron chi connectivity index (χ0n) is 12.4. The van der Waals surface area contributed by atoms with Gasteiger partial charge < -0.3 is 4.57 Å². The lowest BCUT2D eigenvalue weighted by Crippen LogP contribution is -2.15. The Morgan fingerprint density at radius 1 is 1.19 bits per heavy atom. The number of nitrogens with zero attached hydrogens (tertiary/aromatic N) is 4. The molecule has 5 nitrogen and oxygen atoms in total. The minimum Gasteiger partial charge on any atom is -0.319 e. The monoisotopic (exact) mass is 300 g/mol. The second-order valence-electron chi connectivity index (χ2n) is 5.08. The number of carbonyl (C=O) groups is 1. The van der Waals surface area contributed by atoms with Crippen molar-refractivity contribution in [2.45, 2.75) is 13.8 Å². The molecule has 3 rings (SSSR count). The third-order valence-electron chi connectivity index (χ3n) is 3.58. The molecule has 2 heterocycles. The van der Waals surface area contributed by atoms with Crippen molar-refractivity contribution < 1.29 is 4.79 Å². The second kappa shape index (κ2) is 4.96. The molecule has 1 amide bonds. The molecule has 0 fully saturated rings. The van der Waals surface area contributed by atoms with Gasteiger partial charge in [0.15, 0.2) is 4.80 Å². The van der Waals surface area contributed by atoms with Gasteiger partial charge in [-0.15, -0.1) is 0 Å². The quantitative estimate of drug-likeness (QED) is 0.692. The fourth-order valence-electron chi connectivity index (χ4n) is 2.40. The standard InChI is InChI=1S/C15H16N4OS/c1-9-5-6-10(2)13-12(9)18(3)15(21-13)17-14(20)11-7-8-16-19(11)4/h5-8H,1-4H3. The lowest BCUT2D eigenvalue weighted by molar-refractivity contribution is 0.0989. The van der Waals surface area contributed by atoms with Crippen LogP contribution in [0.25, 0.3) is 10.2 Å². The van der Waals surface area contributed by atoms with E-state index >= 15 is 0 Å². The van der Waals surface area contributed by atoms with Gasteiger partial charge in [0.25, 0.3) is 5.91 Å². The first kappa shape index (κ1) is 13.8. The minimum atomic E-state index is -0.271. The van der Waals surface area contributed by atoms with Crippen molar-refractivity contribution in [3.8, 4) is 0 Å². The molecule has 0 aliphatic carbocycles. The lowest BCUT2D eigenvalue weighted by atomic mass is 10.1. The summed E-state index contributed by atoms with van der Waals surface area (Å²) in [5.74, 6) is -0.271. The maximum absolute atomic E-state index is 12.3. The van der Waals surface area contributed by atoms with E-state index in [1.54, 1.807) is 30.6 Å². The summed E-state index contributed by atoms with van der Waals surface area (Å²) in [7, 11) is 3.68. The predicted octanol–water partition coefficient (Wildman–Crippen LogP) is 2.33. The van der Waals surface area contributed by atoms with Gasteiger partial charge in [-0.1, -0.05) is 23.5 Å². The van der Waals surface area contributed by atoms with Crippen LogP contribution in [0.4, 0.5) is 0 Å². The van der Waals surface area contributed by atoms with Gasteiger partial charge in [-0.3, -0.25) is 9.48 Å². The molecule has 21 heavy (non-hydrogen) atoms. The van der Waals surface area contributed by atoms with Crippen LogP contribution in [0.5, 0.6) is 0 Å². The number of thiazole rings is 1. The van der Waals surface area contributed by atoms with Gasteiger partial charge in [-0.2, -0.15) is 10.1 Å². The van der Waals surface area contributed by atoms with Crippen LogP contribution in [0.1, 0.15) is 21.6 Å². The fraction of sp³-hybridized carbons (Fsp3) is 0.267. The molecule has 0 aliphatic rings. The van der Waals surface area contributed by atoms with Crippen LogP contribution < -0.4 is 4.80 Å². The molecule has 0 saturated heterocycles. The summed E-state index contributed by atoms with van der Waals surface area (Å²) < 4.78 is 4.70. The number of benzene rings is 1. The Bertz CT molecular complexity index is 914. The van der Waals surface area contributed by atoms with E-state index < -0.39 is 0 Å². The van der Waals surface area contributed by atoms with Gasteiger partial charge in [0.05, 0.1) is 10.2 Å². The topological polar surface area (TPSA) is 52.2 Å². The summed E-state index contributed by atoms with van der Waals surface area (Å²) in [6.45, 7) is 4.15. The number of hydrogen-bond donors (Lipinski definition) is 0. The van der Waals surface area contributed by atoms with E-state index in [9.17, 15) is 4.79 Å². The summed E-state index contributed by atoms with van der Waals surface area (Å²) in [5, 5.41) is 4.01. The molecule has 2 aromatic heterocycles. The Morgan fingerprint density at radius 2 is 1.90 bits per heavy atom. The van der Waals surface area contributed by atoms with Gasteiger partial charge in [-0.05, 0) is 31.0 Å².